The van der Waals surface area contributed by atoms with E-state index in [1.54, 1.807) is 31.0 Å². The van der Waals surface area contributed by atoms with Crippen LogP contribution in [0.15, 0.2) is 136 Å². The van der Waals surface area contributed by atoms with Crippen LogP contribution in [0.1, 0.15) is 119 Å². The molecule has 30 heteroatoms. The van der Waals surface area contributed by atoms with E-state index < -0.39 is 82.6 Å². The smallest absolute Gasteiger partial charge is 0.491 e. The van der Waals surface area contributed by atoms with Crippen LogP contribution in [0.25, 0.3) is 5.57 Å². The fourth-order valence-corrected chi connectivity index (χ4v) is 18.3. The van der Waals surface area contributed by atoms with Gasteiger partial charge in [-0.3, -0.25) is 33.8 Å². The van der Waals surface area contributed by atoms with Gasteiger partial charge in [-0.2, -0.15) is 13.2 Å². The number of nitrogens with one attached hydrogen (secondary N) is 5. The van der Waals surface area contributed by atoms with Gasteiger partial charge in [0.2, 0.25) is 23.6 Å². The summed E-state index contributed by atoms with van der Waals surface area (Å²) < 4.78 is 124. The fraction of sp³-hybridized carbons (Fsp3) is 0.526. The van der Waals surface area contributed by atoms with Gasteiger partial charge in [-0.25, -0.2) is 21.6 Å². The maximum Gasteiger partial charge on any atom is 0.501 e. The minimum absolute atomic E-state index is 0.0381. The number of rotatable bonds is 30. The summed E-state index contributed by atoms with van der Waals surface area (Å²) in [5.41, 5.74) is 0.103. The molecule has 5 aromatic rings. The van der Waals surface area contributed by atoms with Gasteiger partial charge in [-0.05, 0) is 177 Å². The average Bonchev–Trinajstić information content (AvgIpc) is 1.64. The summed E-state index contributed by atoms with van der Waals surface area (Å²) in [5, 5.41) is 12.7. The minimum atomic E-state index is -6.18. The molecule has 4 fully saturated rings. The molecule has 5 aromatic carbocycles. The lowest BCUT2D eigenvalue weighted by atomic mass is 9.73. The average molecular weight is 1570 g/mol. The number of fused-ring (bicyclic) bond motifs is 2. The van der Waals surface area contributed by atoms with Gasteiger partial charge in [0.15, 0.2) is 0 Å². The molecule has 4 saturated heterocycles. The van der Waals surface area contributed by atoms with Gasteiger partial charge in [-0.15, -0.1) is 11.8 Å². The number of piperazine rings is 2. The standard InChI is InChI=1S/C78H100ClF3N10O13S3/c1-52(83-6)72(94)86-67-29-40-105-70-48-77(4,5)71(92(70)75(67)97)74(96)85-65-14-10-11-55-45-60(23-25-64(55)65)104-44-43-102-41-42-103-50-69(93)91-38-32-88(33-39-91)31-28-58(51-106-61-12-8-7-9-13-61)84-66-26-24-62(46-68(66)107(98,99)78(80,81)82)108(100,101)87-73(95)54-17-21-59(22-18-54)90-36-34-89(35-37-90)49-56-47-76(2,3)30-27-63(56)53-15-19-57(79)20-16-53/h7-9,12-13,15-26,45-46,52,58,65,67,70-71,83-84H,10-11,14,27-44,47-51H2,1-6H3,(H,85,96)(H,86,94)(H,87,95). The van der Waals surface area contributed by atoms with Crippen molar-refractivity contribution in [3.63, 3.8) is 0 Å². The number of aryl methyl sites for hydroxylation is 1. The maximum absolute atomic E-state index is 14.6. The Morgan fingerprint density at radius 2 is 1.48 bits per heavy atom. The van der Waals surface area contributed by atoms with Crippen molar-refractivity contribution in [2.45, 2.75) is 149 Å². The molecule has 0 aromatic heterocycles. The number of carbonyl (C=O) groups is 5. The van der Waals surface area contributed by atoms with Crippen molar-refractivity contribution in [1.82, 2.24) is 40.3 Å². The third-order valence-corrected chi connectivity index (χ3v) is 25.6. The summed E-state index contributed by atoms with van der Waals surface area (Å²) in [6.45, 7) is 17.1. The number of hydrogen-bond acceptors (Lipinski definition) is 19. The van der Waals surface area contributed by atoms with Crippen LogP contribution < -0.4 is 35.6 Å². The first kappa shape index (κ1) is 81.7. The molecule has 0 spiro atoms. The predicted molar refractivity (Wildman–Crippen MR) is 409 cm³/mol. The first-order chi connectivity index (χ1) is 51.4. The SMILES string of the molecule is CNC(C)C(=O)NC1CCOC2CC(C)(C)C(C(=O)NC3CCCc4cc(OCCOCCOCC(=O)N5CCN(CCC(CSc6ccccc6)Nc6ccc(S(=O)(=O)NC(=O)c7ccc(N8CCN(CC9=C(c%10ccc(Cl)cc%10)CCC(C)(C)C9)CC8)cc7)cc6S(=O)(=O)C(F)(F)F)CC5)ccc43)N2C1=O. The molecule has 4 heterocycles. The minimum Gasteiger partial charge on any atom is -0.491 e. The topological polar surface area (TPSA) is 267 Å². The van der Waals surface area contributed by atoms with Crippen molar-refractivity contribution >= 4 is 89.7 Å². The molecule has 0 radical (unpaired) electrons. The fourth-order valence-electron chi connectivity index (χ4n) is 15.1. The summed E-state index contributed by atoms with van der Waals surface area (Å²) in [6, 6.07) is 28.7. The van der Waals surface area contributed by atoms with E-state index in [1.165, 1.54) is 45.5 Å². The van der Waals surface area contributed by atoms with Crippen LogP contribution in [0.2, 0.25) is 5.02 Å². The molecular formula is C78H100ClF3N10O13S3. The maximum atomic E-state index is 14.6. The Kier molecular flexibility index (Phi) is 27.1. The summed E-state index contributed by atoms with van der Waals surface area (Å²) in [7, 11) is -9.45. The number of nitrogens with zero attached hydrogens (tertiary/aromatic N) is 5. The number of thioether (sulfide) groups is 1. The Hall–Kier alpha value is -7.32. The highest BCUT2D eigenvalue weighted by Gasteiger charge is 2.55. The molecular weight excluding hydrogens is 1470 g/mol. The van der Waals surface area contributed by atoms with Crippen molar-refractivity contribution in [1.29, 1.82) is 0 Å². The van der Waals surface area contributed by atoms with Crippen LogP contribution in [-0.2, 0) is 59.7 Å². The van der Waals surface area contributed by atoms with Crippen LogP contribution in [0.3, 0.4) is 0 Å². The number of allylic oxidation sites excluding steroid dienone is 1. The van der Waals surface area contributed by atoms with Gasteiger partial charge in [-0.1, -0.05) is 81.3 Å². The third kappa shape index (κ3) is 20.6. The van der Waals surface area contributed by atoms with Crippen LogP contribution in [-0.4, -0.2) is 220 Å². The van der Waals surface area contributed by atoms with Crippen molar-refractivity contribution in [3.05, 3.63) is 148 Å². The van der Waals surface area contributed by atoms with E-state index >= 15 is 0 Å². The summed E-state index contributed by atoms with van der Waals surface area (Å²) in [5.74, 6) is -1.27. The third-order valence-electron chi connectivity index (χ3n) is 21.3. The lowest BCUT2D eigenvalue weighted by Crippen LogP contribution is -2.58. The molecule has 6 unspecified atom stereocenters. The molecule has 5 N–H and O–H groups in total. The van der Waals surface area contributed by atoms with Crippen molar-refractivity contribution in [2.24, 2.45) is 10.8 Å². The van der Waals surface area contributed by atoms with Crippen molar-refractivity contribution < 1.29 is 72.9 Å². The number of alkyl halides is 3. The van der Waals surface area contributed by atoms with E-state index in [0.29, 0.717) is 81.9 Å². The van der Waals surface area contributed by atoms with Crippen LogP contribution in [0.5, 0.6) is 5.75 Å². The summed E-state index contributed by atoms with van der Waals surface area (Å²) >= 11 is 7.62. The molecule has 6 atom stereocenters. The summed E-state index contributed by atoms with van der Waals surface area (Å²) in [6.07, 6.45) is 5.92. The zero-order chi connectivity index (χ0) is 77.1. The lowest BCUT2D eigenvalue weighted by molar-refractivity contribution is -0.150. The van der Waals surface area contributed by atoms with Gasteiger partial charge < -0.3 is 54.9 Å². The number of amides is 5. The van der Waals surface area contributed by atoms with Gasteiger partial charge in [0, 0.05) is 105 Å². The zero-order valence-electron chi connectivity index (χ0n) is 62.1. The second-order valence-corrected chi connectivity index (χ2v) is 35.2. The molecule has 108 heavy (non-hydrogen) atoms. The highest BCUT2D eigenvalue weighted by molar-refractivity contribution is 7.99. The highest BCUT2D eigenvalue weighted by atomic mass is 35.5. The number of sulfone groups is 1. The zero-order valence-corrected chi connectivity index (χ0v) is 65.3. The summed E-state index contributed by atoms with van der Waals surface area (Å²) in [4.78, 5) is 76.7. The molecule has 4 aliphatic heterocycles. The van der Waals surface area contributed by atoms with Crippen LogP contribution in [0, 0.1) is 10.8 Å². The van der Waals surface area contributed by atoms with E-state index in [4.69, 9.17) is 30.5 Å². The number of likely N-dealkylation sites (N-methyl/N-ethyl adjacent to an activating group) is 1. The number of hydrogen-bond donors (Lipinski definition) is 5. The first-order valence-electron chi connectivity index (χ1n) is 37.1. The van der Waals surface area contributed by atoms with Gasteiger partial charge in [0.1, 0.15) is 42.2 Å². The van der Waals surface area contributed by atoms with Crippen molar-refractivity contribution in [2.75, 3.05) is 128 Å². The van der Waals surface area contributed by atoms with Gasteiger partial charge in [0.25, 0.3) is 25.8 Å². The van der Waals surface area contributed by atoms with E-state index in [0.717, 1.165) is 92.0 Å². The second-order valence-electron chi connectivity index (χ2n) is 30.1. The molecule has 11 rings (SSSR count). The molecule has 586 valence electrons. The molecule has 2 aliphatic carbocycles. The van der Waals surface area contributed by atoms with Crippen LogP contribution in [0.4, 0.5) is 24.5 Å². The lowest BCUT2D eigenvalue weighted by Gasteiger charge is -2.39. The number of ether oxygens (including phenoxy) is 4. The number of sulfonamides is 1. The Labute approximate surface area is 641 Å². The molecule has 23 nitrogen and oxygen atoms in total. The molecule has 5 amide bonds. The van der Waals surface area contributed by atoms with Gasteiger partial charge >= 0.3 is 5.51 Å². The molecule has 6 aliphatic rings. The number of benzene rings is 5. The van der Waals surface area contributed by atoms with Crippen molar-refractivity contribution in [3.8, 4) is 5.75 Å². The van der Waals surface area contributed by atoms with E-state index in [2.05, 4.69) is 61.9 Å². The van der Waals surface area contributed by atoms with Gasteiger partial charge in [0.05, 0.1) is 49.1 Å². The Morgan fingerprint density at radius 1 is 0.778 bits per heavy atom. The largest absolute Gasteiger partial charge is 0.501 e. The highest BCUT2D eigenvalue weighted by Crippen LogP contribution is 2.46. The second kappa shape index (κ2) is 35.8. The Bertz CT molecular complexity index is 4260. The molecule has 0 saturated carbocycles. The monoisotopic (exact) mass is 1570 g/mol. The Morgan fingerprint density at radius 3 is 2.19 bits per heavy atom. The van der Waals surface area contributed by atoms with E-state index in [-0.39, 0.29) is 86.0 Å². The first-order valence-corrected chi connectivity index (χ1v) is 41.4. The van der Waals surface area contributed by atoms with E-state index in [1.807, 2.05) is 79.2 Å². The normalized spacial score (nSPS) is 21.3. The van der Waals surface area contributed by atoms with Crippen LogP contribution >= 0.6 is 23.4 Å². The number of halogens is 4. The number of carbonyl (C=O) groups excluding carboxylic acids is 5. The van der Waals surface area contributed by atoms with E-state index in [9.17, 15) is 54.0 Å². The molecule has 0 bridgehead atoms. The quantitative estimate of drug-likeness (QED) is 0.0211. The Balaban J connectivity index is 0.620. The number of anilines is 2. The predicted octanol–water partition coefficient (Wildman–Crippen LogP) is 9.72.